The SMILES string of the molecule is CCN(CC(=O)N1N=C(c2ccco2)CC1c1cccs1)C1CC1. The number of hydrazone groups is 1. The van der Waals surface area contributed by atoms with Crippen molar-refractivity contribution < 1.29 is 9.21 Å². The molecule has 0 N–H and O–H groups in total. The largest absolute Gasteiger partial charge is 0.463 e. The average molecular weight is 343 g/mol. The molecule has 126 valence electrons. The third kappa shape index (κ3) is 3.03. The van der Waals surface area contributed by atoms with Crippen molar-refractivity contribution in [1.29, 1.82) is 0 Å². The molecule has 24 heavy (non-hydrogen) atoms. The molecular weight excluding hydrogens is 322 g/mol. The molecule has 0 saturated heterocycles. The maximum Gasteiger partial charge on any atom is 0.257 e. The van der Waals surface area contributed by atoms with Gasteiger partial charge in [0.15, 0.2) is 0 Å². The first-order valence-corrected chi connectivity index (χ1v) is 9.35. The molecule has 1 aliphatic carbocycles. The summed E-state index contributed by atoms with van der Waals surface area (Å²) in [5.41, 5.74) is 0.848. The van der Waals surface area contributed by atoms with Gasteiger partial charge in [-0.25, -0.2) is 5.01 Å². The highest BCUT2D eigenvalue weighted by atomic mass is 32.1. The van der Waals surface area contributed by atoms with Gasteiger partial charge >= 0.3 is 0 Å². The van der Waals surface area contributed by atoms with E-state index in [0.717, 1.165) is 18.0 Å². The minimum atomic E-state index is -0.0180. The van der Waals surface area contributed by atoms with Crippen LogP contribution in [0.15, 0.2) is 45.4 Å². The van der Waals surface area contributed by atoms with Crippen LogP contribution in [0.5, 0.6) is 0 Å². The van der Waals surface area contributed by atoms with Crippen LogP contribution < -0.4 is 0 Å². The zero-order valence-electron chi connectivity index (χ0n) is 13.7. The van der Waals surface area contributed by atoms with Gasteiger partial charge in [-0.1, -0.05) is 13.0 Å². The zero-order valence-corrected chi connectivity index (χ0v) is 14.5. The summed E-state index contributed by atoms with van der Waals surface area (Å²) in [5.74, 6) is 0.824. The number of carbonyl (C=O) groups is 1. The van der Waals surface area contributed by atoms with Gasteiger partial charge in [0.25, 0.3) is 5.91 Å². The molecule has 1 amide bonds. The summed E-state index contributed by atoms with van der Waals surface area (Å²) in [6, 6.07) is 8.42. The van der Waals surface area contributed by atoms with Gasteiger partial charge in [0, 0.05) is 17.3 Å². The Labute approximate surface area is 145 Å². The van der Waals surface area contributed by atoms with E-state index < -0.39 is 0 Å². The lowest BCUT2D eigenvalue weighted by molar-refractivity contribution is -0.134. The van der Waals surface area contributed by atoms with Gasteiger partial charge in [-0.15, -0.1) is 11.3 Å². The Morgan fingerprint density at radius 2 is 2.29 bits per heavy atom. The van der Waals surface area contributed by atoms with Crippen LogP contribution in [0.1, 0.15) is 42.9 Å². The maximum atomic E-state index is 12.9. The van der Waals surface area contributed by atoms with E-state index in [2.05, 4.69) is 23.0 Å². The van der Waals surface area contributed by atoms with Gasteiger partial charge in [-0.2, -0.15) is 5.10 Å². The number of thiophene rings is 1. The van der Waals surface area contributed by atoms with Crippen LogP contribution in [0.3, 0.4) is 0 Å². The number of hydrogen-bond donors (Lipinski definition) is 0. The summed E-state index contributed by atoms with van der Waals surface area (Å²) in [4.78, 5) is 16.3. The second kappa shape index (κ2) is 6.53. The normalized spacial score (nSPS) is 20.7. The quantitative estimate of drug-likeness (QED) is 0.806. The topological polar surface area (TPSA) is 49.1 Å². The van der Waals surface area contributed by atoms with E-state index >= 15 is 0 Å². The van der Waals surface area contributed by atoms with Gasteiger partial charge < -0.3 is 4.42 Å². The Bertz CT molecular complexity index is 720. The second-order valence-electron chi connectivity index (χ2n) is 6.29. The Balaban J connectivity index is 1.57. The maximum absolute atomic E-state index is 12.9. The van der Waals surface area contributed by atoms with Gasteiger partial charge in [-0.3, -0.25) is 9.69 Å². The summed E-state index contributed by atoms with van der Waals surface area (Å²) in [7, 11) is 0. The molecule has 6 heteroatoms. The van der Waals surface area contributed by atoms with Crippen LogP contribution >= 0.6 is 11.3 Å². The lowest BCUT2D eigenvalue weighted by Gasteiger charge is -2.25. The smallest absolute Gasteiger partial charge is 0.257 e. The summed E-state index contributed by atoms with van der Waals surface area (Å²) >= 11 is 1.67. The Hall–Kier alpha value is -1.92. The summed E-state index contributed by atoms with van der Waals surface area (Å²) < 4.78 is 5.49. The van der Waals surface area contributed by atoms with Crippen molar-refractivity contribution in [1.82, 2.24) is 9.91 Å². The number of amides is 1. The van der Waals surface area contributed by atoms with Crippen molar-refractivity contribution in [2.75, 3.05) is 13.1 Å². The highest BCUT2D eigenvalue weighted by Crippen LogP contribution is 2.35. The Morgan fingerprint density at radius 1 is 1.42 bits per heavy atom. The minimum absolute atomic E-state index is 0.0180. The van der Waals surface area contributed by atoms with Crippen molar-refractivity contribution in [3.05, 3.63) is 46.5 Å². The van der Waals surface area contributed by atoms with Crippen LogP contribution in [0, 0.1) is 0 Å². The van der Waals surface area contributed by atoms with Crippen LogP contribution in [-0.4, -0.2) is 40.7 Å². The molecule has 1 aliphatic heterocycles. The summed E-state index contributed by atoms with van der Waals surface area (Å²) in [6.07, 6.45) is 4.76. The number of likely N-dealkylation sites (N-methyl/N-ethyl adjacent to an activating group) is 1. The van der Waals surface area contributed by atoms with E-state index in [9.17, 15) is 4.79 Å². The predicted octanol–water partition coefficient (Wildman–Crippen LogP) is 3.50. The number of rotatable bonds is 6. The lowest BCUT2D eigenvalue weighted by atomic mass is 10.1. The number of furan rings is 1. The molecule has 0 aromatic carbocycles. The van der Waals surface area contributed by atoms with Gasteiger partial charge in [0.05, 0.1) is 18.8 Å². The highest BCUT2D eigenvalue weighted by Gasteiger charge is 2.37. The molecule has 0 radical (unpaired) electrons. The van der Waals surface area contributed by atoms with E-state index in [1.807, 2.05) is 23.6 Å². The number of hydrogen-bond acceptors (Lipinski definition) is 5. The summed E-state index contributed by atoms with van der Waals surface area (Å²) in [6.45, 7) is 3.46. The van der Waals surface area contributed by atoms with E-state index in [1.54, 1.807) is 22.6 Å². The van der Waals surface area contributed by atoms with E-state index in [0.29, 0.717) is 19.0 Å². The highest BCUT2D eigenvalue weighted by molar-refractivity contribution is 7.10. The standard InChI is InChI=1S/C18H21N3O2S/c1-2-20(13-7-8-13)12-18(22)21-15(17-6-4-10-24-17)11-14(19-21)16-5-3-9-23-16/h3-6,9-10,13,15H,2,7-8,11-12H2,1H3. The van der Waals surface area contributed by atoms with Gasteiger partial charge in [0.1, 0.15) is 11.5 Å². The molecule has 4 rings (SSSR count). The van der Waals surface area contributed by atoms with Gasteiger partial charge in [-0.05, 0) is 43.0 Å². The fourth-order valence-electron chi connectivity index (χ4n) is 3.22. The third-order valence-corrected chi connectivity index (χ3v) is 5.62. The monoisotopic (exact) mass is 343 g/mol. The average Bonchev–Trinajstić information content (AvgIpc) is 3.06. The Kier molecular flexibility index (Phi) is 4.24. The number of carbonyl (C=O) groups excluding carboxylic acids is 1. The molecular formula is C18H21N3O2S. The van der Waals surface area contributed by atoms with Crippen molar-refractivity contribution in [3.8, 4) is 0 Å². The van der Waals surface area contributed by atoms with Crippen molar-refractivity contribution in [2.24, 2.45) is 5.10 Å². The molecule has 1 fully saturated rings. The zero-order chi connectivity index (χ0) is 16.5. The van der Waals surface area contributed by atoms with Crippen LogP contribution in [0.25, 0.3) is 0 Å². The summed E-state index contributed by atoms with van der Waals surface area (Å²) in [5, 5.41) is 8.34. The molecule has 0 spiro atoms. The molecule has 2 aromatic rings. The molecule has 3 heterocycles. The lowest BCUT2D eigenvalue weighted by Crippen LogP contribution is -2.39. The molecule has 1 unspecified atom stereocenters. The fourth-order valence-corrected chi connectivity index (χ4v) is 4.03. The van der Waals surface area contributed by atoms with Crippen molar-refractivity contribution in [3.63, 3.8) is 0 Å². The number of nitrogens with zero attached hydrogens (tertiary/aromatic N) is 3. The van der Waals surface area contributed by atoms with E-state index in [-0.39, 0.29) is 11.9 Å². The second-order valence-corrected chi connectivity index (χ2v) is 7.27. The van der Waals surface area contributed by atoms with Crippen LogP contribution in [0.2, 0.25) is 0 Å². The van der Waals surface area contributed by atoms with Crippen molar-refractivity contribution >= 4 is 23.0 Å². The fraction of sp³-hybridized carbons (Fsp3) is 0.444. The van der Waals surface area contributed by atoms with Crippen LogP contribution in [-0.2, 0) is 4.79 Å². The van der Waals surface area contributed by atoms with Crippen LogP contribution in [0.4, 0.5) is 0 Å². The molecule has 1 saturated carbocycles. The minimum Gasteiger partial charge on any atom is -0.463 e. The molecule has 2 aromatic heterocycles. The molecule has 1 atom stereocenters. The first-order chi connectivity index (χ1) is 11.8. The van der Waals surface area contributed by atoms with Crippen molar-refractivity contribution in [2.45, 2.75) is 38.3 Å². The molecule has 2 aliphatic rings. The third-order valence-electron chi connectivity index (χ3n) is 4.65. The van der Waals surface area contributed by atoms with E-state index in [1.165, 1.54) is 17.7 Å². The van der Waals surface area contributed by atoms with E-state index in [4.69, 9.17) is 4.42 Å². The Morgan fingerprint density at radius 3 is 2.92 bits per heavy atom. The molecule has 5 nitrogen and oxygen atoms in total. The first kappa shape index (κ1) is 15.6. The predicted molar refractivity (Wildman–Crippen MR) is 94.0 cm³/mol. The van der Waals surface area contributed by atoms with Gasteiger partial charge in [0.2, 0.25) is 0 Å². The molecule has 0 bridgehead atoms. The first-order valence-electron chi connectivity index (χ1n) is 8.47.